The third-order valence-electron chi connectivity index (χ3n) is 4.17. The molecule has 160 valence electrons. The molecule has 0 aliphatic carbocycles. The molecule has 0 fully saturated rings. The Morgan fingerprint density at radius 1 is 1.19 bits per heavy atom. The number of rotatable bonds is 8. The number of aromatic nitrogens is 2. The molecule has 1 aromatic heterocycles. The highest BCUT2D eigenvalue weighted by molar-refractivity contribution is 6.04. The van der Waals surface area contributed by atoms with Gasteiger partial charge >= 0.3 is 0 Å². The quantitative estimate of drug-likeness (QED) is 0.535. The molecule has 0 spiro atoms. The zero-order valence-corrected chi connectivity index (χ0v) is 17.0. The number of nitrogens with zero attached hydrogens (tertiary/aromatic N) is 2. The van der Waals surface area contributed by atoms with E-state index >= 15 is 0 Å². The fourth-order valence-electron chi connectivity index (χ4n) is 2.81. The number of benzene rings is 2. The first kappa shape index (κ1) is 22.0. The Bertz CT molecular complexity index is 1070. The maximum atomic E-state index is 13.9. The zero-order valence-electron chi connectivity index (χ0n) is 17.0. The minimum atomic E-state index is -0.944. The van der Waals surface area contributed by atoms with Crippen molar-refractivity contribution < 1.29 is 23.0 Å². The van der Waals surface area contributed by atoms with Crippen LogP contribution in [-0.4, -0.2) is 35.7 Å². The molecule has 1 heterocycles. The number of nitrogens with one attached hydrogen (secondary N) is 1. The van der Waals surface area contributed by atoms with E-state index in [9.17, 15) is 13.6 Å². The summed E-state index contributed by atoms with van der Waals surface area (Å²) in [5.74, 6) is -1.57. The largest absolute Gasteiger partial charge is 0.488 e. The van der Waals surface area contributed by atoms with Gasteiger partial charge in [-0.15, -0.1) is 0 Å². The van der Waals surface area contributed by atoms with Gasteiger partial charge in [0.15, 0.2) is 17.5 Å². The fourth-order valence-corrected chi connectivity index (χ4v) is 2.81. The van der Waals surface area contributed by atoms with Crippen LogP contribution in [0.3, 0.4) is 0 Å². The second-order valence-corrected chi connectivity index (χ2v) is 6.70. The molecular weight excluding hydrogens is 404 g/mol. The molecule has 2 aromatic carbocycles. The van der Waals surface area contributed by atoms with Gasteiger partial charge in [0.1, 0.15) is 11.9 Å². The van der Waals surface area contributed by atoms with Crippen LogP contribution < -0.4 is 10.1 Å². The number of ether oxygens (including phenoxy) is 2. The minimum Gasteiger partial charge on any atom is -0.488 e. The van der Waals surface area contributed by atoms with E-state index in [2.05, 4.69) is 15.3 Å². The van der Waals surface area contributed by atoms with Crippen LogP contribution in [0.4, 0.5) is 14.6 Å². The average Bonchev–Trinajstić information content (AvgIpc) is 2.75. The number of anilines is 1. The molecule has 0 aliphatic heterocycles. The monoisotopic (exact) mass is 425 g/mol. The van der Waals surface area contributed by atoms with Crippen LogP contribution in [0, 0.1) is 11.6 Å². The predicted octanol–water partition coefficient (Wildman–Crippen LogP) is 4.59. The van der Waals surface area contributed by atoms with Crippen LogP contribution in [0.2, 0.25) is 0 Å². The van der Waals surface area contributed by atoms with E-state index in [4.69, 9.17) is 9.47 Å². The molecule has 0 radical (unpaired) electrons. The summed E-state index contributed by atoms with van der Waals surface area (Å²) < 4.78 is 38.3. The molecule has 0 unspecified atom stereocenters. The van der Waals surface area contributed by atoms with Crippen molar-refractivity contribution in [2.75, 3.05) is 19.0 Å². The third kappa shape index (κ3) is 6.16. The van der Waals surface area contributed by atoms with Gasteiger partial charge < -0.3 is 14.8 Å². The Kier molecular flexibility index (Phi) is 7.40. The molecule has 8 heteroatoms. The highest BCUT2D eigenvalue weighted by atomic mass is 19.2. The standard InChI is InChI=1S/C23H21F2N3O3/c1-15(14-30-2)31-19-11-16(6-7-17-4-3-5-20(24)22(17)25)10-18(12-19)23(29)28-21-13-26-8-9-27-21/h3-13,15H,14H2,1-2H3,(H,27,28,29)/b7-6+/t15-/m0/s1. The maximum Gasteiger partial charge on any atom is 0.257 e. The van der Waals surface area contributed by atoms with Crippen LogP contribution in [0.5, 0.6) is 5.75 Å². The summed E-state index contributed by atoms with van der Waals surface area (Å²) in [7, 11) is 1.56. The predicted molar refractivity (Wildman–Crippen MR) is 114 cm³/mol. The first-order chi connectivity index (χ1) is 15.0. The molecule has 31 heavy (non-hydrogen) atoms. The van der Waals surface area contributed by atoms with Gasteiger partial charge in [-0.1, -0.05) is 24.3 Å². The summed E-state index contributed by atoms with van der Waals surface area (Å²) in [4.78, 5) is 20.6. The van der Waals surface area contributed by atoms with Gasteiger partial charge in [0.25, 0.3) is 5.91 Å². The van der Waals surface area contributed by atoms with Gasteiger partial charge in [0.2, 0.25) is 0 Å². The molecule has 0 saturated heterocycles. The number of amides is 1. The smallest absolute Gasteiger partial charge is 0.257 e. The molecule has 6 nitrogen and oxygen atoms in total. The number of methoxy groups -OCH3 is 1. The van der Waals surface area contributed by atoms with Crippen molar-refractivity contribution >= 4 is 23.9 Å². The lowest BCUT2D eigenvalue weighted by atomic mass is 10.1. The van der Waals surface area contributed by atoms with E-state index in [1.165, 1.54) is 36.8 Å². The number of carbonyl (C=O) groups excluding carboxylic acids is 1. The highest BCUT2D eigenvalue weighted by Crippen LogP contribution is 2.22. The Hall–Kier alpha value is -3.65. The highest BCUT2D eigenvalue weighted by Gasteiger charge is 2.12. The molecule has 1 amide bonds. The van der Waals surface area contributed by atoms with Crippen LogP contribution in [0.15, 0.2) is 55.0 Å². The summed E-state index contributed by atoms with van der Waals surface area (Å²) in [5, 5.41) is 2.66. The first-order valence-electron chi connectivity index (χ1n) is 9.46. The molecule has 0 saturated carbocycles. The molecule has 1 N–H and O–H groups in total. The maximum absolute atomic E-state index is 13.9. The minimum absolute atomic E-state index is 0.0876. The Balaban J connectivity index is 1.91. The molecule has 3 aromatic rings. The van der Waals surface area contributed by atoms with Crippen molar-refractivity contribution in [3.8, 4) is 5.75 Å². The van der Waals surface area contributed by atoms with E-state index in [-0.39, 0.29) is 11.7 Å². The summed E-state index contributed by atoms with van der Waals surface area (Å²) in [6.07, 6.45) is 7.12. The summed E-state index contributed by atoms with van der Waals surface area (Å²) in [5.41, 5.74) is 0.951. The first-order valence-corrected chi connectivity index (χ1v) is 9.46. The molecule has 1 atom stereocenters. The van der Waals surface area contributed by atoms with Crippen LogP contribution in [-0.2, 0) is 4.74 Å². The molecule has 0 aliphatic rings. The SMILES string of the molecule is COC[C@H](C)Oc1cc(/C=C/c2cccc(F)c2F)cc(C(=O)Nc2cnccn2)c1. The van der Waals surface area contributed by atoms with Crippen LogP contribution in [0.1, 0.15) is 28.4 Å². The summed E-state index contributed by atoms with van der Waals surface area (Å²) in [6, 6.07) is 8.80. The second kappa shape index (κ2) is 10.4. The molecule has 3 rings (SSSR count). The third-order valence-corrected chi connectivity index (χ3v) is 4.17. The van der Waals surface area contributed by atoms with Gasteiger partial charge in [-0.05, 0) is 36.8 Å². The van der Waals surface area contributed by atoms with Crippen molar-refractivity contribution in [2.24, 2.45) is 0 Å². The van der Waals surface area contributed by atoms with E-state index in [1.54, 1.807) is 31.4 Å². The Morgan fingerprint density at radius 3 is 2.77 bits per heavy atom. The number of carbonyl (C=O) groups is 1. The van der Waals surface area contributed by atoms with E-state index in [0.717, 1.165) is 6.07 Å². The van der Waals surface area contributed by atoms with Crippen molar-refractivity contribution in [3.63, 3.8) is 0 Å². The summed E-state index contributed by atoms with van der Waals surface area (Å²) in [6.45, 7) is 2.18. The lowest BCUT2D eigenvalue weighted by Gasteiger charge is -2.15. The molecular formula is C23H21F2N3O3. The van der Waals surface area contributed by atoms with Gasteiger partial charge in [0, 0.05) is 30.6 Å². The van der Waals surface area contributed by atoms with Crippen molar-refractivity contribution in [3.05, 3.63) is 83.3 Å². The van der Waals surface area contributed by atoms with Crippen LogP contribution in [0.25, 0.3) is 12.2 Å². The lowest BCUT2D eigenvalue weighted by molar-refractivity contribution is 0.0917. The molecule has 0 bridgehead atoms. The van der Waals surface area contributed by atoms with Gasteiger partial charge in [-0.25, -0.2) is 13.8 Å². The average molecular weight is 425 g/mol. The van der Waals surface area contributed by atoms with E-state index in [1.807, 2.05) is 6.92 Å². The number of hydrogen-bond donors (Lipinski definition) is 1. The number of halogens is 2. The Labute approximate surface area is 178 Å². The lowest BCUT2D eigenvalue weighted by Crippen LogP contribution is -2.19. The second-order valence-electron chi connectivity index (χ2n) is 6.70. The van der Waals surface area contributed by atoms with Crippen molar-refractivity contribution in [2.45, 2.75) is 13.0 Å². The Morgan fingerprint density at radius 2 is 2.03 bits per heavy atom. The van der Waals surface area contributed by atoms with Gasteiger partial charge in [0.05, 0.1) is 12.8 Å². The van der Waals surface area contributed by atoms with Gasteiger partial charge in [-0.3, -0.25) is 9.78 Å². The van der Waals surface area contributed by atoms with Crippen LogP contribution >= 0.6 is 0 Å². The normalized spacial score (nSPS) is 12.0. The zero-order chi connectivity index (χ0) is 22.2. The van der Waals surface area contributed by atoms with Gasteiger partial charge in [-0.2, -0.15) is 0 Å². The van der Waals surface area contributed by atoms with E-state index < -0.39 is 17.5 Å². The van der Waals surface area contributed by atoms with Crippen molar-refractivity contribution in [1.82, 2.24) is 9.97 Å². The van der Waals surface area contributed by atoms with Crippen molar-refractivity contribution in [1.29, 1.82) is 0 Å². The topological polar surface area (TPSA) is 73.3 Å². The summed E-state index contributed by atoms with van der Waals surface area (Å²) >= 11 is 0. The fraction of sp³-hybridized carbons (Fsp3) is 0.174. The number of hydrogen-bond acceptors (Lipinski definition) is 5. The van der Waals surface area contributed by atoms with E-state index in [0.29, 0.717) is 29.3 Å².